The van der Waals surface area contributed by atoms with Crippen LogP contribution in [0, 0.1) is 0 Å². The highest BCUT2D eigenvalue weighted by atomic mass is 31.2. The first-order valence-electron chi connectivity index (χ1n) is 23.3. The van der Waals surface area contributed by atoms with Crippen LogP contribution in [0.4, 0.5) is 0 Å². The van der Waals surface area contributed by atoms with Gasteiger partial charge < -0.3 is 39.9 Å². The highest BCUT2D eigenvalue weighted by Gasteiger charge is 2.51. The van der Waals surface area contributed by atoms with Crippen LogP contribution in [0.15, 0.2) is 0 Å². The van der Waals surface area contributed by atoms with Crippen LogP contribution >= 0.6 is 7.82 Å². The minimum Gasteiger partial charge on any atom is -0.462 e. The van der Waals surface area contributed by atoms with Crippen LogP contribution in [0.5, 0.6) is 0 Å². The van der Waals surface area contributed by atoms with Crippen molar-refractivity contribution in [2.24, 2.45) is 0 Å². The first-order chi connectivity index (χ1) is 27.9. The summed E-state index contributed by atoms with van der Waals surface area (Å²) >= 11 is 0. The van der Waals surface area contributed by atoms with Gasteiger partial charge in [-0.2, -0.15) is 0 Å². The largest absolute Gasteiger partial charge is 0.472 e. The zero-order chi connectivity index (χ0) is 42.9. The molecule has 1 saturated carbocycles. The molecule has 6 unspecified atom stereocenters. The fourth-order valence-electron chi connectivity index (χ4n) is 7.41. The number of carbonyl (C=O) groups excluding carboxylic acids is 2. The number of phosphoric acid groups is 1. The van der Waals surface area contributed by atoms with Gasteiger partial charge in [0, 0.05) is 12.8 Å². The second kappa shape index (κ2) is 35.4. The highest BCUT2D eigenvalue weighted by molar-refractivity contribution is 7.47. The standard InChI is InChI=1S/C44H85O13P/c1-3-5-7-9-11-13-15-17-18-19-21-23-25-27-29-31-33-38(46)56-36(35-55-58(52,53)57-44-42(50)40(48)39(47)41(49)43(44)51)34-54-37(45)32-30-28-26-24-22-20-16-14-12-10-8-6-4-2/h36,39-44,47-51H,3-35H2,1-2H3,(H,52,53)/t36-,39?,40-,41?,42?,43?,44?/m1/s1. The normalized spacial score (nSPS) is 22.4. The molecule has 0 saturated heterocycles. The fourth-order valence-corrected chi connectivity index (χ4v) is 8.38. The third kappa shape index (κ3) is 27.6. The van der Waals surface area contributed by atoms with Crippen molar-refractivity contribution in [3.05, 3.63) is 0 Å². The minimum atomic E-state index is -5.11. The third-order valence-electron chi connectivity index (χ3n) is 11.2. The Morgan fingerprint density at radius 1 is 0.466 bits per heavy atom. The number of unbranched alkanes of at least 4 members (excludes halogenated alkanes) is 27. The molecule has 0 aromatic heterocycles. The number of aliphatic hydroxyl groups is 5. The Balaban J connectivity index is 2.44. The summed E-state index contributed by atoms with van der Waals surface area (Å²) in [5.41, 5.74) is 0. The average Bonchev–Trinajstić information content (AvgIpc) is 3.20. The van der Waals surface area contributed by atoms with E-state index in [-0.39, 0.29) is 12.8 Å². The van der Waals surface area contributed by atoms with Gasteiger partial charge in [0.05, 0.1) is 6.61 Å². The molecular formula is C44H85O13P. The molecule has 1 aliphatic carbocycles. The van der Waals surface area contributed by atoms with E-state index in [0.717, 1.165) is 38.5 Å². The van der Waals surface area contributed by atoms with Crippen LogP contribution in [0.25, 0.3) is 0 Å². The van der Waals surface area contributed by atoms with Crippen LogP contribution in [-0.4, -0.2) is 98.3 Å². The summed E-state index contributed by atoms with van der Waals surface area (Å²) in [4.78, 5) is 35.7. The molecule has 0 bridgehead atoms. The molecule has 0 aliphatic heterocycles. The number of phosphoric ester groups is 1. The molecule has 14 heteroatoms. The Morgan fingerprint density at radius 3 is 1.14 bits per heavy atom. The number of aliphatic hydroxyl groups excluding tert-OH is 5. The van der Waals surface area contributed by atoms with Crippen LogP contribution in [0.2, 0.25) is 0 Å². The van der Waals surface area contributed by atoms with E-state index in [0.29, 0.717) is 12.8 Å². The van der Waals surface area contributed by atoms with Crippen molar-refractivity contribution >= 4 is 19.8 Å². The summed E-state index contributed by atoms with van der Waals surface area (Å²) in [6.07, 6.45) is 21.6. The van der Waals surface area contributed by atoms with Crippen LogP contribution in [-0.2, 0) is 32.7 Å². The summed E-state index contributed by atoms with van der Waals surface area (Å²) in [5, 5.41) is 50.1. The van der Waals surface area contributed by atoms with Crippen molar-refractivity contribution in [1.82, 2.24) is 0 Å². The molecule has 0 radical (unpaired) electrons. The first-order valence-corrected chi connectivity index (χ1v) is 24.8. The van der Waals surface area contributed by atoms with E-state index in [1.54, 1.807) is 0 Å². The summed E-state index contributed by atoms with van der Waals surface area (Å²) in [5.74, 6) is -1.08. The molecule has 58 heavy (non-hydrogen) atoms. The molecule has 1 aliphatic rings. The van der Waals surface area contributed by atoms with Gasteiger partial charge >= 0.3 is 19.8 Å². The van der Waals surface area contributed by atoms with Crippen molar-refractivity contribution in [2.75, 3.05) is 13.2 Å². The molecule has 0 spiro atoms. The van der Waals surface area contributed by atoms with Crippen LogP contribution < -0.4 is 0 Å². The van der Waals surface area contributed by atoms with E-state index >= 15 is 0 Å². The molecule has 0 aromatic carbocycles. The number of esters is 2. The molecule has 13 nitrogen and oxygen atoms in total. The lowest BCUT2D eigenvalue weighted by molar-refractivity contribution is -0.220. The van der Waals surface area contributed by atoms with Crippen molar-refractivity contribution in [2.45, 2.75) is 256 Å². The lowest BCUT2D eigenvalue weighted by Gasteiger charge is -2.41. The predicted molar refractivity (Wildman–Crippen MR) is 226 cm³/mol. The van der Waals surface area contributed by atoms with Crippen molar-refractivity contribution < 1.29 is 63.1 Å². The van der Waals surface area contributed by atoms with Crippen molar-refractivity contribution in [1.29, 1.82) is 0 Å². The lowest BCUT2D eigenvalue weighted by atomic mass is 9.85. The maximum atomic E-state index is 12.8. The molecule has 1 fully saturated rings. The summed E-state index contributed by atoms with van der Waals surface area (Å²) in [7, 11) is -5.11. The van der Waals surface area contributed by atoms with E-state index in [9.17, 15) is 44.6 Å². The molecular weight excluding hydrogens is 767 g/mol. The van der Waals surface area contributed by atoms with E-state index in [1.807, 2.05) is 0 Å². The van der Waals surface area contributed by atoms with Crippen LogP contribution in [0.1, 0.15) is 213 Å². The lowest BCUT2D eigenvalue weighted by Crippen LogP contribution is -2.64. The number of rotatable bonds is 39. The van der Waals surface area contributed by atoms with Crippen molar-refractivity contribution in [3.63, 3.8) is 0 Å². The molecule has 1 rings (SSSR count). The summed E-state index contributed by atoms with van der Waals surface area (Å²) in [6.45, 7) is 3.32. The highest BCUT2D eigenvalue weighted by Crippen LogP contribution is 2.47. The van der Waals surface area contributed by atoms with Gasteiger partial charge in [0.1, 0.15) is 43.2 Å². The molecule has 344 valence electrons. The fraction of sp³-hybridized carbons (Fsp3) is 0.955. The van der Waals surface area contributed by atoms with Gasteiger partial charge in [0.15, 0.2) is 6.10 Å². The van der Waals surface area contributed by atoms with Crippen molar-refractivity contribution in [3.8, 4) is 0 Å². The number of hydrogen-bond acceptors (Lipinski definition) is 12. The maximum absolute atomic E-state index is 12.8. The smallest absolute Gasteiger partial charge is 0.462 e. The molecule has 0 heterocycles. The average molecular weight is 853 g/mol. The minimum absolute atomic E-state index is 0.105. The van der Waals surface area contributed by atoms with Gasteiger partial charge in [-0.3, -0.25) is 18.6 Å². The van der Waals surface area contributed by atoms with E-state index in [2.05, 4.69) is 13.8 Å². The van der Waals surface area contributed by atoms with E-state index in [4.69, 9.17) is 18.5 Å². The Labute approximate surface area is 351 Å². The summed E-state index contributed by atoms with van der Waals surface area (Å²) < 4.78 is 33.5. The Kier molecular flexibility index (Phi) is 33.5. The molecule has 8 atom stereocenters. The second-order valence-electron chi connectivity index (χ2n) is 16.6. The van der Waals surface area contributed by atoms with Gasteiger partial charge in [-0.25, -0.2) is 4.57 Å². The zero-order valence-electron chi connectivity index (χ0n) is 36.4. The third-order valence-corrected chi connectivity index (χ3v) is 12.2. The molecule has 6 N–H and O–H groups in total. The molecule has 0 amide bonds. The zero-order valence-corrected chi connectivity index (χ0v) is 37.3. The van der Waals surface area contributed by atoms with Gasteiger partial charge in [0.25, 0.3) is 0 Å². The van der Waals surface area contributed by atoms with Crippen LogP contribution in [0.3, 0.4) is 0 Å². The number of carbonyl (C=O) groups is 2. The Hall–Kier alpha value is -1.15. The summed E-state index contributed by atoms with van der Waals surface area (Å²) in [6, 6.07) is 0. The van der Waals surface area contributed by atoms with Gasteiger partial charge in [-0.15, -0.1) is 0 Å². The maximum Gasteiger partial charge on any atom is 0.472 e. The Bertz CT molecular complexity index is 1030. The Morgan fingerprint density at radius 2 is 0.776 bits per heavy atom. The van der Waals surface area contributed by atoms with Gasteiger partial charge in [0.2, 0.25) is 0 Å². The quantitative estimate of drug-likeness (QED) is 0.0194. The number of hydrogen-bond donors (Lipinski definition) is 6. The van der Waals surface area contributed by atoms with Gasteiger partial charge in [-0.05, 0) is 12.8 Å². The van der Waals surface area contributed by atoms with Gasteiger partial charge in [-0.1, -0.05) is 187 Å². The second-order valence-corrected chi connectivity index (χ2v) is 18.0. The van der Waals surface area contributed by atoms with E-state index < -0.39 is 75.7 Å². The number of ether oxygens (including phenoxy) is 2. The van der Waals surface area contributed by atoms with E-state index in [1.165, 1.54) is 135 Å². The predicted octanol–water partition coefficient (Wildman–Crippen LogP) is 8.89. The first kappa shape index (κ1) is 54.9. The SMILES string of the molecule is CCCCCCCCCCCCCCCCCCC(=O)O[C@H](COC(=O)CCCCCCCCCCCCCCC)COP(=O)(O)OC1C(O)C(O)C(O)[C@@H](O)C1O. The monoisotopic (exact) mass is 853 g/mol. The molecule has 0 aromatic rings. The topological polar surface area (TPSA) is 210 Å².